The second-order valence-corrected chi connectivity index (χ2v) is 8.32. The number of aryl methyl sites for hydroxylation is 2. The van der Waals surface area contributed by atoms with E-state index in [0.717, 1.165) is 43.2 Å². The average molecular weight is 402 g/mol. The van der Waals surface area contributed by atoms with E-state index in [1.165, 1.54) is 5.56 Å². The molecule has 1 aromatic rings. The zero-order chi connectivity index (χ0) is 20.8. The van der Waals surface area contributed by atoms with Gasteiger partial charge in [-0.05, 0) is 57.6 Å². The molecule has 3 rings (SSSR count). The predicted molar refractivity (Wildman–Crippen MR) is 114 cm³/mol. The third-order valence-electron chi connectivity index (χ3n) is 6.10. The Morgan fingerprint density at radius 1 is 1.10 bits per heavy atom. The number of benzene rings is 1. The van der Waals surface area contributed by atoms with Crippen molar-refractivity contribution in [3.8, 4) is 0 Å². The van der Waals surface area contributed by atoms with E-state index in [9.17, 15) is 9.59 Å². The molecule has 6 nitrogen and oxygen atoms in total. The topological polar surface area (TPSA) is 61.9 Å². The second kappa shape index (κ2) is 10.1. The molecule has 2 aliphatic rings. The number of carbonyl (C=O) groups excluding carboxylic acids is 2. The zero-order valence-electron chi connectivity index (χ0n) is 18.1. The summed E-state index contributed by atoms with van der Waals surface area (Å²) >= 11 is 0. The van der Waals surface area contributed by atoms with Gasteiger partial charge < -0.3 is 19.9 Å². The van der Waals surface area contributed by atoms with Gasteiger partial charge in [0, 0.05) is 50.5 Å². The second-order valence-electron chi connectivity index (χ2n) is 8.32. The minimum absolute atomic E-state index is 0.0397. The first-order valence-corrected chi connectivity index (χ1v) is 11.0. The monoisotopic (exact) mass is 401 g/mol. The zero-order valence-corrected chi connectivity index (χ0v) is 18.1. The van der Waals surface area contributed by atoms with E-state index in [1.807, 2.05) is 30.9 Å². The van der Waals surface area contributed by atoms with E-state index in [-0.39, 0.29) is 24.0 Å². The van der Waals surface area contributed by atoms with Crippen molar-refractivity contribution in [1.29, 1.82) is 0 Å². The average Bonchev–Trinajstić information content (AvgIpc) is 2.73. The number of ether oxygens (including phenoxy) is 1. The van der Waals surface area contributed by atoms with Crippen molar-refractivity contribution in [2.45, 2.75) is 65.0 Å². The highest BCUT2D eigenvalue weighted by Crippen LogP contribution is 2.25. The highest BCUT2D eigenvalue weighted by atomic mass is 16.5. The van der Waals surface area contributed by atoms with Gasteiger partial charge in [0.2, 0.25) is 0 Å². The summed E-state index contributed by atoms with van der Waals surface area (Å²) in [7, 11) is 0. The number of hydrogen-bond donors (Lipinski definition) is 1. The molecule has 0 saturated carbocycles. The molecule has 1 aromatic carbocycles. The van der Waals surface area contributed by atoms with E-state index in [1.54, 1.807) is 0 Å². The number of piperidine rings is 1. The molecular weight excluding hydrogens is 366 g/mol. The van der Waals surface area contributed by atoms with Gasteiger partial charge >= 0.3 is 6.03 Å². The smallest absolute Gasteiger partial charge is 0.317 e. The summed E-state index contributed by atoms with van der Waals surface area (Å²) in [5.41, 5.74) is 2.99. The van der Waals surface area contributed by atoms with Crippen LogP contribution in [0.5, 0.6) is 0 Å². The highest BCUT2D eigenvalue weighted by molar-refractivity contribution is 5.95. The van der Waals surface area contributed by atoms with Crippen molar-refractivity contribution >= 4 is 11.9 Å². The molecule has 1 N–H and O–H groups in total. The van der Waals surface area contributed by atoms with Gasteiger partial charge in [-0.1, -0.05) is 24.6 Å². The molecule has 0 spiro atoms. The van der Waals surface area contributed by atoms with Gasteiger partial charge in [-0.25, -0.2) is 4.79 Å². The lowest BCUT2D eigenvalue weighted by Crippen LogP contribution is -2.56. The van der Waals surface area contributed by atoms with Crippen LogP contribution in [0.2, 0.25) is 0 Å². The van der Waals surface area contributed by atoms with Crippen molar-refractivity contribution in [1.82, 2.24) is 15.1 Å². The van der Waals surface area contributed by atoms with E-state index in [2.05, 4.69) is 23.2 Å². The number of hydrogen-bond acceptors (Lipinski definition) is 3. The molecule has 2 heterocycles. The van der Waals surface area contributed by atoms with Gasteiger partial charge in [-0.2, -0.15) is 0 Å². The van der Waals surface area contributed by atoms with Crippen LogP contribution >= 0.6 is 0 Å². The number of likely N-dealkylation sites (tertiary alicyclic amines) is 1. The third kappa shape index (κ3) is 5.30. The van der Waals surface area contributed by atoms with Crippen LogP contribution in [-0.4, -0.2) is 66.7 Å². The van der Waals surface area contributed by atoms with E-state index in [4.69, 9.17) is 4.74 Å². The number of urea groups is 1. The fourth-order valence-corrected chi connectivity index (χ4v) is 4.49. The van der Waals surface area contributed by atoms with Crippen LogP contribution in [0.15, 0.2) is 18.2 Å². The van der Waals surface area contributed by atoms with Gasteiger partial charge in [-0.3, -0.25) is 4.79 Å². The first kappa shape index (κ1) is 21.6. The molecule has 0 aliphatic carbocycles. The van der Waals surface area contributed by atoms with Gasteiger partial charge in [-0.15, -0.1) is 0 Å². The summed E-state index contributed by atoms with van der Waals surface area (Å²) in [4.78, 5) is 29.9. The lowest BCUT2D eigenvalue weighted by atomic mass is 9.97. The Morgan fingerprint density at radius 2 is 1.76 bits per heavy atom. The van der Waals surface area contributed by atoms with Crippen LogP contribution in [-0.2, 0) is 4.74 Å². The minimum Gasteiger partial charge on any atom is -0.381 e. The number of nitrogens with one attached hydrogen (secondary N) is 1. The van der Waals surface area contributed by atoms with Gasteiger partial charge in [0.05, 0.1) is 0 Å². The number of amides is 3. The van der Waals surface area contributed by atoms with Crippen molar-refractivity contribution in [3.63, 3.8) is 0 Å². The molecule has 0 radical (unpaired) electrons. The van der Waals surface area contributed by atoms with Crippen molar-refractivity contribution < 1.29 is 14.3 Å². The minimum atomic E-state index is 0.0397. The van der Waals surface area contributed by atoms with Crippen molar-refractivity contribution in [2.75, 3.05) is 32.8 Å². The van der Waals surface area contributed by atoms with Crippen LogP contribution in [0.25, 0.3) is 0 Å². The molecule has 3 amide bonds. The lowest BCUT2D eigenvalue weighted by Gasteiger charge is -2.43. The van der Waals surface area contributed by atoms with Gasteiger partial charge in [0.25, 0.3) is 5.91 Å². The molecular formula is C23H35N3O3. The lowest BCUT2D eigenvalue weighted by molar-refractivity contribution is 0.0209. The van der Waals surface area contributed by atoms with E-state index < -0.39 is 0 Å². The fraction of sp³-hybridized carbons (Fsp3) is 0.652. The SMILES string of the molecule is CCCNC(=O)N(C1CCOCC1)C1CCN(C(=O)c2ccc(C)cc2C)CC1. The van der Waals surface area contributed by atoms with Crippen molar-refractivity contribution in [3.05, 3.63) is 34.9 Å². The maximum absolute atomic E-state index is 13.0. The molecule has 0 bridgehead atoms. The summed E-state index contributed by atoms with van der Waals surface area (Å²) in [6, 6.07) is 6.44. The summed E-state index contributed by atoms with van der Waals surface area (Å²) in [5, 5.41) is 3.07. The Balaban J connectivity index is 1.65. The molecule has 29 heavy (non-hydrogen) atoms. The van der Waals surface area contributed by atoms with E-state index in [0.29, 0.717) is 32.8 Å². The van der Waals surface area contributed by atoms with Crippen LogP contribution in [0.4, 0.5) is 4.79 Å². The molecule has 2 saturated heterocycles. The Bertz CT molecular complexity index is 707. The number of carbonyl (C=O) groups is 2. The molecule has 0 unspecified atom stereocenters. The Hall–Kier alpha value is -2.08. The number of nitrogens with zero attached hydrogens (tertiary/aromatic N) is 2. The highest BCUT2D eigenvalue weighted by Gasteiger charge is 2.35. The summed E-state index contributed by atoms with van der Waals surface area (Å²) < 4.78 is 5.50. The predicted octanol–water partition coefficient (Wildman–Crippen LogP) is 3.51. The fourth-order valence-electron chi connectivity index (χ4n) is 4.49. The maximum Gasteiger partial charge on any atom is 0.317 e. The molecule has 0 aromatic heterocycles. The van der Waals surface area contributed by atoms with Crippen LogP contribution in [0.1, 0.15) is 60.5 Å². The Morgan fingerprint density at radius 3 is 2.38 bits per heavy atom. The van der Waals surface area contributed by atoms with Crippen molar-refractivity contribution in [2.24, 2.45) is 0 Å². The Kier molecular flexibility index (Phi) is 7.53. The third-order valence-corrected chi connectivity index (χ3v) is 6.10. The molecule has 6 heteroatoms. The maximum atomic E-state index is 13.0. The quantitative estimate of drug-likeness (QED) is 0.821. The van der Waals surface area contributed by atoms with Crippen LogP contribution in [0.3, 0.4) is 0 Å². The summed E-state index contributed by atoms with van der Waals surface area (Å²) in [6.07, 6.45) is 4.36. The van der Waals surface area contributed by atoms with Crippen LogP contribution < -0.4 is 5.32 Å². The first-order valence-electron chi connectivity index (χ1n) is 11.0. The molecule has 2 fully saturated rings. The molecule has 0 atom stereocenters. The summed E-state index contributed by atoms with van der Waals surface area (Å²) in [5.74, 6) is 0.106. The largest absolute Gasteiger partial charge is 0.381 e. The first-order chi connectivity index (χ1) is 14.0. The van der Waals surface area contributed by atoms with Gasteiger partial charge in [0.15, 0.2) is 0 Å². The number of rotatable bonds is 5. The molecule has 2 aliphatic heterocycles. The summed E-state index contributed by atoms with van der Waals surface area (Å²) in [6.45, 7) is 9.62. The van der Waals surface area contributed by atoms with Crippen LogP contribution in [0, 0.1) is 13.8 Å². The normalized spacial score (nSPS) is 18.5. The Labute approximate surface area is 174 Å². The standard InChI is InChI=1S/C23H35N3O3/c1-4-11-24-23(28)26(20-9-14-29-15-10-20)19-7-12-25(13-8-19)22(27)21-6-5-17(2)16-18(21)3/h5-6,16,19-20H,4,7-15H2,1-3H3,(H,24,28). The van der Waals surface area contributed by atoms with E-state index >= 15 is 0 Å². The molecule has 160 valence electrons. The van der Waals surface area contributed by atoms with Gasteiger partial charge in [0.1, 0.15) is 0 Å².